The van der Waals surface area contributed by atoms with Crippen molar-refractivity contribution in [3.63, 3.8) is 0 Å². The van der Waals surface area contributed by atoms with Crippen LogP contribution in [0.3, 0.4) is 0 Å². The van der Waals surface area contributed by atoms with Gasteiger partial charge < -0.3 is 15.4 Å². The van der Waals surface area contributed by atoms with Crippen molar-refractivity contribution < 1.29 is 9.53 Å². The van der Waals surface area contributed by atoms with Gasteiger partial charge in [-0.05, 0) is 37.9 Å². The van der Waals surface area contributed by atoms with E-state index in [1.807, 2.05) is 25.1 Å². The van der Waals surface area contributed by atoms with E-state index < -0.39 is 0 Å². The van der Waals surface area contributed by atoms with Crippen LogP contribution < -0.4 is 15.4 Å². The molecule has 3 rings (SSSR count). The van der Waals surface area contributed by atoms with E-state index in [-0.39, 0.29) is 17.9 Å². The number of hydrogen-bond acceptors (Lipinski definition) is 3. The van der Waals surface area contributed by atoms with E-state index in [0.717, 1.165) is 43.9 Å². The lowest BCUT2D eigenvalue weighted by molar-refractivity contribution is -0.127. The highest BCUT2D eigenvalue weighted by Crippen LogP contribution is 2.31. The summed E-state index contributed by atoms with van der Waals surface area (Å²) in [7, 11) is 0. The Morgan fingerprint density at radius 1 is 1.40 bits per heavy atom. The van der Waals surface area contributed by atoms with Crippen LogP contribution in [0.1, 0.15) is 31.4 Å². The molecule has 4 nitrogen and oxygen atoms in total. The predicted octanol–water partition coefficient (Wildman–Crippen LogP) is 1.87. The molecule has 2 heterocycles. The van der Waals surface area contributed by atoms with Gasteiger partial charge >= 0.3 is 0 Å². The average Bonchev–Trinajstić information content (AvgIpc) is 2.59. The number of amides is 1. The summed E-state index contributed by atoms with van der Waals surface area (Å²) in [4.78, 5) is 12.4. The van der Waals surface area contributed by atoms with Crippen molar-refractivity contribution in [2.75, 3.05) is 19.7 Å². The first-order chi connectivity index (χ1) is 9.75. The Morgan fingerprint density at radius 2 is 2.20 bits per heavy atom. The van der Waals surface area contributed by atoms with Crippen molar-refractivity contribution in [1.82, 2.24) is 10.6 Å². The monoisotopic (exact) mass is 274 g/mol. The topological polar surface area (TPSA) is 50.4 Å². The van der Waals surface area contributed by atoms with Gasteiger partial charge in [0.15, 0.2) is 0 Å². The lowest BCUT2D eigenvalue weighted by Gasteiger charge is -2.32. The van der Waals surface area contributed by atoms with Gasteiger partial charge in [0.05, 0.1) is 12.6 Å². The van der Waals surface area contributed by atoms with Crippen LogP contribution in [0.5, 0.6) is 5.75 Å². The number of carbonyl (C=O) groups is 1. The van der Waals surface area contributed by atoms with E-state index in [1.165, 1.54) is 0 Å². The van der Waals surface area contributed by atoms with Gasteiger partial charge in [-0.2, -0.15) is 0 Å². The van der Waals surface area contributed by atoms with Crippen LogP contribution in [0.2, 0.25) is 0 Å². The summed E-state index contributed by atoms with van der Waals surface area (Å²) in [5.74, 6) is 1.63. The molecule has 1 amide bonds. The molecule has 1 fully saturated rings. The van der Waals surface area contributed by atoms with E-state index in [1.54, 1.807) is 0 Å². The van der Waals surface area contributed by atoms with Crippen molar-refractivity contribution in [2.24, 2.45) is 11.8 Å². The molecule has 4 heteroatoms. The van der Waals surface area contributed by atoms with Gasteiger partial charge in [-0.1, -0.05) is 25.1 Å². The molecule has 2 aliphatic heterocycles. The molecule has 1 aromatic rings. The quantitative estimate of drug-likeness (QED) is 0.884. The highest BCUT2D eigenvalue weighted by molar-refractivity contribution is 5.79. The molecule has 2 N–H and O–H groups in total. The molecule has 2 atom stereocenters. The van der Waals surface area contributed by atoms with Crippen molar-refractivity contribution in [1.29, 1.82) is 0 Å². The van der Waals surface area contributed by atoms with Crippen LogP contribution in [0, 0.1) is 11.8 Å². The Bertz CT molecular complexity index is 485. The average molecular weight is 274 g/mol. The Kier molecular flexibility index (Phi) is 3.92. The summed E-state index contributed by atoms with van der Waals surface area (Å²) in [5, 5.41) is 6.44. The molecular formula is C16H22N2O2. The minimum atomic E-state index is 0.0765. The van der Waals surface area contributed by atoms with Crippen molar-refractivity contribution in [3.8, 4) is 5.75 Å². The number of benzene rings is 1. The lowest BCUT2D eigenvalue weighted by Crippen LogP contribution is -2.50. The lowest BCUT2D eigenvalue weighted by atomic mass is 9.88. The molecule has 0 bridgehead atoms. The zero-order chi connectivity index (χ0) is 13.9. The van der Waals surface area contributed by atoms with Crippen LogP contribution in [-0.2, 0) is 4.79 Å². The standard InChI is InChI=1S/C16H22N2O2/c1-11(12-9-17-10-12)16(19)18-14-6-4-8-20-15-7-3-2-5-13(14)15/h2-3,5,7,11-12,14,17H,4,6,8-10H2,1H3,(H,18,19). The third-order valence-corrected chi connectivity index (χ3v) is 4.44. The number of hydrogen-bond donors (Lipinski definition) is 2. The molecule has 0 aliphatic carbocycles. The fourth-order valence-electron chi connectivity index (χ4n) is 2.86. The Balaban J connectivity index is 1.71. The molecule has 1 aromatic carbocycles. The van der Waals surface area contributed by atoms with Gasteiger partial charge in [-0.25, -0.2) is 0 Å². The number of rotatable bonds is 3. The number of nitrogens with one attached hydrogen (secondary N) is 2. The van der Waals surface area contributed by atoms with Crippen LogP contribution in [0.15, 0.2) is 24.3 Å². The maximum Gasteiger partial charge on any atom is 0.223 e. The van der Waals surface area contributed by atoms with E-state index in [2.05, 4.69) is 16.7 Å². The fourth-order valence-corrected chi connectivity index (χ4v) is 2.86. The maximum atomic E-state index is 12.4. The summed E-state index contributed by atoms with van der Waals surface area (Å²) >= 11 is 0. The van der Waals surface area contributed by atoms with Crippen LogP contribution >= 0.6 is 0 Å². The van der Waals surface area contributed by atoms with Crippen LogP contribution in [0.4, 0.5) is 0 Å². The third kappa shape index (κ3) is 2.66. The van der Waals surface area contributed by atoms with Crippen molar-refractivity contribution in [3.05, 3.63) is 29.8 Å². The summed E-state index contributed by atoms with van der Waals surface area (Å²) in [6.45, 7) is 4.67. The SMILES string of the molecule is CC(C(=O)NC1CCCOc2ccccc21)C1CNC1. The van der Waals surface area contributed by atoms with E-state index in [4.69, 9.17) is 4.74 Å². The molecule has 2 aliphatic rings. The van der Waals surface area contributed by atoms with E-state index in [0.29, 0.717) is 5.92 Å². The predicted molar refractivity (Wildman–Crippen MR) is 77.6 cm³/mol. The molecule has 0 radical (unpaired) electrons. The van der Waals surface area contributed by atoms with Gasteiger partial charge in [-0.3, -0.25) is 4.79 Å². The second kappa shape index (κ2) is 5.83. The molecule has 1 saturated heterocycles. The maximum absolute atomic E-state index is 12.4. The number of para-hydroxylation sites is 1. The molecule has 0 aromatic heterocycles. The zero-order valence-electron chi connectivity index (χ0n) is 11.9. The van der Waals surface area contributed by atoms with Gasteiger partial charge in [0.25, 0.3) is 0 Å². The van der Waals surface area contributed by atoms with Crippen molar-refractivity contribution >= 4 is 5.91 Å². The van der Waals surface area contributed by atoms with E-state index in [9.17, 15) is 4.79 Å². The number of carbonyl (C=O) groups excluding carboxylic acids is 1. The molecule has 0 saturated carbocycles. The Labute approximate surface area is 119 Å². The van der Waals surface area contributed by atoms with Crippen molar-refractivity contribution in [2.45, 2.75) is 25.8 Å². The highest BCUT2D eigenvalue weighted by atomic mass is 16.5. The molecule has 20 heavy (non-hydrogen) atoms. The molecule has 108 valence electrons. The first-order valence-electron chi connectivity index (χ1n) is 7.48. The number of ether oxygens (including phenoxy) is 1. The molecule has 0 spiro atoms. The second-order valence-corrected chi connectivity index (χ2v) is 5.80. The summed E-state index contributed by atoms with van der Waals surface area (Å²) in [6, 6.07) is 8.11. The highest BCUT2D eigenvalue weighted by Gasteiger charge is 2.30. The van der Waals surface area contributed by atoms with Gasteiger partial charge in [0.1, 0.15) is 5.75 Å². The largest absolute Gasteiger partial charge is 0.493 e. The first kappa shape index (κ1) is 13.4. The Morgan fingerprint density at radius 3 is 2.95 bits per heavy atom. The summed E-state index contributed by atoms with van der Waals surface area (Å²) < 4.78 is 5.74. The van der Waals surface area contributed by atoms with Gasteiger partial charge in [0.2, 0.25) is 5.91 Å². The smallest absolute Gasteiger partial charge is 0.223 e. The zero-order valence-corrected chi connectivity index (χ0v) is 11.9. The van der Waals surface area contributed by atoms with Gasteiger partial charge in [-0.15, -0.1) is 0 Å². The second-order valence-electron chi connectivity index (χ2n) is 5.80. The van der Waals surface area contributed by atoms with Crippen LogP contribution in [0.25, 0.3) is 0 Å². The van der Waals surface area contributed by atoms with E-state index >= 15 is 0 Å². The number of fused-ring (bicyclic) bond motifs is 1. The van der Waals surface area contributed by atoms with Crippen LogP contribution in [-0.4, -0.2) is 25.6 Å². The van der Waals surface area contributed by atoms with Gasteiger partial charge in [0, 0.05) is 11.5 Å². The fraction of sp³-hybridized carbons (Fsp3) is 0.562. The summed E-state index contributed by atoms with van der Waals surface area (Å²) in [5.41, 5.74) is 1.11. The normalized spacial score (nSPS) is 23.8. The first-order valence-corrected chi connectivity index (χ1v) is 7.48. The molecule has 2 unspecified atom stereocenters. The minimum absolute atomic E-state index is 0.0765. The Hall–Kier alpha value is -1.55. The summed E-state index contributed by atoms with van der Waals surface area (Å²) in [6.07, 6.45) is 1.91. The third-order valence-electron chi connectivity index (χ3n) is 4.44. The minimum Gasteiger partial charge on any atom is -0.493 e. The molecular weight excluding hydrogens is 252 g/mol.